The fraction of sp³-hybridized carbons (Fsp3) is 0.417. The van der Waals surface area contributed by atoms with Crippen molar-refractivity contribution in [3.63, 3.8) is 0 Å². The van der Waals surface area contributed by atoms with Crippen molar-refractivity contribution in [2.75, 3.05) is 0 Å². The molecule has 0 aromatic heterocycles. The summed E-state index contributed by atoms with van der Waals surface area (Å²) >= 11 is 5.83. The van der Waals surface area contributed by atoms with E-state index in [9.17, 15) is 4.79 Å². The molecule has 1 aliphatic carbocycles. The maximum atomic E-state index is 11.0. The zero-order valence-electron chi connectivity index (χ0n) is 8.45. The minimum atomic E-state index is -0.221. The number of hydrogen-bond acceptors (Lipinski definition) is 1. The third kappa shape index (κ3) is 2.72. The number of nitrogens with two attached hydrogens (primary N) is 1. The van der Waals surface area contributed by atoms with Crippen LogP contribution in [0.15, 0.2) is 24.3 Å². The van der Waals surface area contributed by atoms with Crippen LogP contribution in [0.2, 0.25) is 5.02 Å². The molecule has 1 fully saturated rings. The minimum absolute atomic E-state index is 0.221. The number of rotatable bonds is 4. The van der Waals surface area contributed by atoms with Crippen LogP contribution < -0.4 is 5.73 Å². The minimum Gasteiger partial charge on any atom is -0.370 e. The van der Waals surface area contributed by atoms with Crippen molar-refractivity contribution in [1.29, 1.82) is 0 Å². The van der Waals surface area contributed by atoms with E-state index in [1.807, 2.05) is 24.3 Å². The zero-order valence-corrected chi connectivity index (χ0v) is 9.20. The molecular formula is C12H14ClNO. The Morgan fingerprint density at radius 1 is 1.40 bits per heavy atom. The van der Waals surface area contributed by atoms with Crippen molar-refractivity contribution in [2.24, 2.45) is 11.7 Å². The fourth-order valence-corrected chi connectivity index (χ4v) is 2.11. The molecule has 1 aliphatic rings. The Bertz CT molecular complexity index is 356. The van der Waals surface area contributed by atoms with Gasteiger partial charge in [-0.05, 0) is 42.4 Å². The summed E-state index contributed by atoms with van der Waals surface area (Å²) in [4.78, 5) is 11.0. The third-order valence-electron chi connectivity index (χ3n) is 2.91. The molecule has 2 nitrogen and oxygen atoms in total. The quantitative estimate of drug-likeness (QED) is 0.838. The highest BCUT2D eigenvalue weighted by atomic mass is 35.5. The summed E-state index contributed by atoms with van der Waals surface area (Å²) in [5.41, 5.74) is 6.44. The van der Waals surface area contributed by atoms with Gasteiger partial charge in [-0.25, -0.2) is 0 Å². The van der Waals surface area contributed by atoms with Crippen LogP contribution in [-0.4, -0.2) is 5.91 Å². The lowest BCUT2D eigenvalue weighted by molar-refractivity contribution is -0.118. The van der Waals surface area contributed by atoms with Gasteiger partial charge in [0.1, 0.15) is 0 Å². The molecule has 0 aliphatic heterocycles. The zero-order chi connectivity index (χ0) is 10.8. The van der Waals surface area contributed by atoms with Gasteiger partial charge in [0.2, 0.25) is 5.91 Å². The normalized spacial score (nSPS) is 17.4. The lowest BCUT2D eigenvalue weighted by Crippen LogP contribution is -2.16. The van der Waals surface area contributed by atoms with E-state index < -0.39 is 0 Å². The van der Waals surface area contributed by atoms with E-state index in [1.165, 1.54) is 18.4 Å². The first-order valence-electron chi connectivity index (χ1n) is 5.20. The molecule has 1 aromatic rings. The summed E-state index contributed by atoms with van der Waals surface area (Å²) in [7, 11) is 0. The Morgan fingerprint density at radius 2 is 2.00 bits per heavy atom. The van der Waals surface area contributed by atoms with Crippen LogP contribution in [0.1, 0.15) is 30.7 Å². The molecular weight excluding hydrogens is 210 g/mol. The van der Waals surface area contributed by atoms with E-state index in [1.54, 1.807) is 0 Å². The lowest BCUT2D eigenvalue weighted by Gasteiger charge is -2.14. The molecule has 2 N–H and O–H groups in total. The molecule has 1 aromatic carbocycles. The van der Waals surface area contributed by atoms with Gasteiger partial charge in [-0.1, -0.05) is 23.7 Å². The number of primary amides is 1. The summed E-state index contributed by atoms with van der Waals surface area (Å²) in [5, 5.41) is 0.729. The van der Waals surface area contributed by atoms with Gasteiger partial charge in [0.25, 0.3) is 0 Å². The van der Waals surface area contributed by atoms with E-state index >= 15 is 0 Å². The SMILES string of the molecule is NC(=O)C[C@@H](c1ccc(Cl)cc1)C1CC1. The molecule has 1 atom stereocenters. The average molecular weight is 224 g/mol. The highest BCUT2D eigenvalue weighted by Gasteiger charge is 2.33. The van der Waals surface area contributed by atoms with Gasteiger partial charge in [0, 0.05) is 11.4 Å². The molecule has 0 bridgehead atoms. The predicted molar refractivity (Wildman–Crippen MR) is 60.7 cm³/mol. The van der Waals surface area contributed by atoms with Crippen molar-refractivity contribution in [1.82, 2.24) is 0 Å². The first kappa shape index (κ1) is 10.5. The molecule has 0 saturated heterocycles. The highest BCUT2D eigenvalue weighted by Crippen LogP contribution is 2.44. The molecule has 3 heteroatoms. The number of amides is 1. The van der Waals surface area contributed by atoms with Gasteiger partial charge in [0.15, 0.2) is 0 Å². The number of benzene rings is 1. The molecule has 80 valence electrons. The molecule has 1 saturated carbocycles. The topological polar surface area (TPSA) is 43.1 Å². The van der Waals surface area contributed by atoms with E-state index in [2.05, 4.69) is 0 Å². The van der Waals surface area contributed by atoms with Crippen molar-refractivity contribution in [2.45, 2.75) is 25.2 Å². The van der Waals surface area contributed by atoms with Gasteiger partial charge < -0.3 is 5.73 Å². The Kier molecular flexibility index (Phi) is 2.96. The van der Waals surface area contributed by atoms with Crippen LogP contribution in [0.25, 0.3) is 0 Å². The molecule has 2 rings (SSSR count). The maximum absolute atomic E-state index is 11.0. The first-order chi connectivity index (χ1) is 7.16. The fourth-order valence-electron chi connectivity index (χ4n) is 1.98. The van der Waals surface area contributed by atoms with E-state index in [-0.39, 0.29) is 5.91 Å². The van der Waals surface area contributed by atoms with Gasteiger partial charge in [0.05, 0.1) is 0 Å². The summed E-state index contributed by atoms with van der Waals surface area (Å²) in [6, 6.07) is 7.73. The number of carbonyl (C=O) groups excluding carboxylic acids is 1. The van der Waals surface area contributed by atoms with Crippen LogP contribution in [0, 0.1) is 5.92 Å². The molecule has 0 spiro atoms. The third-order valence-corrected chi connectivity index (χ3v) is 3.16. The number of halogens is 1. The van der Waals surface area contributed by atoms with Gasteiger partial charge in [-0.3, -0.25) is 4.79 Å². The Hall–Kier alpha value is -1.02. The van der Waals surface area contributed by atoms with Crippen molar-refractivity contribution >= 4 is 17.5 Å². The average Bonchev–Trinajstić information content (AvgIpc) is 2.99. The maximum Gasteiger partial charge on any atom is 0.218 e. The van der Waals surface area contributed by atoms with Gasteiger partial charge in [-0.15, -0.1) is 0 Å². The highest BCUT2D eigenvalue weighted by molar-refractivity contribution is 6.30. The van der Waals surface area contributed by atoms with Gasteiger partial charge >= 0.3 is 0 Å². The Labute approximate surface area is 94.4 Å². The summed E-state index contributed by atoms with van der Waals surface area (Å²) in [6.45, 7) is 0. The summed E-state index contributed by atoms with van der Waals surface area (Å²) in [5.74, 6) is 0.709. The van der Waals surface area contributed by atoms with Gasteiger partial charge in [-0.2, -0.15) is 0 Å². The number of hydrogen-bond donors (Lipinski definition) is 1. The van der Waals surface area contributed by atoms with E-state index in [0.717, 1.165) is 5.02 Å². The van der Waals surface area contributed by atoms with Crippen molar-refractivity contribution in [3.05, 3.63) is 34.9 Å². The largest absolute Gasteiger partial charge is 0.370 e. The van der Waals surface area contributed by atoms with E-state index in [4.69, 9.17) is 17.3 Å². The van der Waals surface area contributed by atoms with Crippen LogP contribution >= 0.6 is 11.6 Å². The van der Waals surface area contributed by atoms with E-state index in [0.29, 0.717) is 18.3 Å². The molecule has 15 heavy (non-hydrogen) atoms. The van der Waals surface area contributed by atoms with Crippen LogP contribution in [-0.2, 0) is 4.79 Å². The molecule has 0 radical (unpaired) electrons. The van der Waals surface area contributed by atoms with Crippen LogP contribution in [0.3, 0.4) is 0 Å². The second-order valence-electron chi connectivity index (χ2n) is 4.17. The monoisotopic (exact) mass is 223 g/mol. The Balaban J connectivity index is 2.16. The summed E-state index contributed by atoms with van der Waals surface area (Å²) < 4.78 is 0. The van der Waals surface area contributed by atoms with Crippen molar-refractivity contribution < 1.29 is 4.79 Å². The lowest BCUT2D eigenvalue weighted by atomic mass is 9.91. The summed E-state index contributed by atoms with van der Waals surface area (Å²) in [6.07, 6.45) is 2.87. The standard InChI is InChI=1S/C12H14ClNO/c13-10-5-3-9(4-6-10)11(7-12(14)15)8-1-2-8/h3-6,8,11H,1-2,7H2,(H2,14,15)/t11-/m1/s1. The smallest absolute Gasteiger partial charge is 0.218 e. The number of carbonyl (C=O) groups is 1. The second kappa shape index (κ2) is 4.23. The van der Waals surface area contributed by atoms with Crippen LogP contribution in [0.5, 0.6) is 0 Å². The Morgan fingerprint density at radius 3 is 2.47 bits per heavy atom. The molecule has 0 unspecified atom stereocenters. The first-order valence-corrected chi connectivity index (χ1v) is 5.58. The molecule has 0 heterocycles. The second-order valence-corrected chi connectivity index (χ2v) is 4.60. The van der Waals surface area contributed by atoms with Crippen molar-refractivity contribution in [3.8, 4) is 0 Å². The predicted octanol–water partition coefficient (Wildman–Crippen LogP) is 2.71. The van der Waals surface area contributed by atoms with Crippen LogP contribution in [0.4, 0.5) is 0 Å². The molecule has 1 amide bonds.